The molecule has 6 heteroatoms. The number of nitrogens with zero attached hydrogens (tertiary/aromatic N) is 1. The molecule has 0 aliphatic carbocycles. The number of hydrogen-bond donors (Lipinski definition) is 3. The Morgan fingerprint density at radius 1 is 1.50 bits per heavy atom. The summed E-state index contributed by atoms with van der Waals surface area (Å²) in [5, 5.41) is 14.5. The lowest BCUT2D eigenvalue weighted by molar-refractivity contribution is 0.126. The molecule has 0 saturated heterocycles. The molecule has 100 valence electrons. The van der Waals surface area contributed by atoms with Crippen molar-refractivity contribution in [3.63, 3.8) is 0 Å². The Hall–Kier alpha value is -1.82. The minimum atomic E-state index is -0.602. The van der Waals surface area contributed by atoms with Gasteiger partial charge in [-0.1, -0.05) is 13.8 Å². The predicted octanol–water partition coefficient (Wildman–Crippen LogP) is 0.524. The Bertz CT molecular complexity index is 468. The lowest BCUT2D eigenvalue weighted by atomic mass is 10.1. The Morgan fingerprint density at radius 2 is 2.17 bits per heavy atom. The van der Waals surface area contributed by atoms with Crippen LogP contribution >= 0.6 is 0 Å². The summed E-state index contributed by atoms with van der Waals surface area (Å²) >= 11 is 0. The molecule has 0 aliphatic heterocycles. The topological polar surface area (TPSA) is 83.4 Å². The largest absolute Gasteiger partial charge is 0.391 e. The number of aliphatic hydroxyl groups excluding tert-OH is 1. The van der Waals surface area contributed by atoms with Gasteiger partial charge in [-0.2, -0.15) is 0 Å². The van der Waals surface area contributed by atoms with Crippen LogP contribution in [0.3, 0.4) is 0 Å². The van der Waals surface area contributed by atoms with Crippen molar-refractivity contribution in [3.05, 3.63) is 28.7 Å². The van der Waals surface area contributed by atoms with E-state index in [0.29, 0.717) is 0 Å². The number of rotatable bonds is 4. The highest BCUT2D eigenvalue weighted by atomic mass is 16.3. The van der Waals surface area contributed by atoms with Crippen LogP contribution in [0.5, 0.6) is 0 Å². The van der Waals surface area contributed by atoms with E-state index in [9.17, 15) is 14.7 Å². The van der Waals surface area contributed by atoms with E-state index in [1.807, 2.05) is 13.8 Å². The van der Waals surface area contributed by atoms with Gasteiger partial charge in [0.1, 0.15) is 5.69 Å². The van der Waals surface area contributed by atoms with Gasteiger partial charge in [0.2, 0.25) is 0 Å². The molecule has 1 rings (SSSR count). The molecule has 6 nitrogen and oxygen atoms in total. The summed E-state index contributed by atoms with van der Waals surface area (Å²) in [4.78, 5) is 23.1. The second-order valence-electron chi connectivity index (χ2n) is 4.48. The fraction of sp³-hybridized carbons (Fsp3) is 0.500. The van der Waals surface area contributed by atoms with Gasteiger partial charge in [0.05, 0.1) is 6.10 Å². The summed E-state index contributed by atoms with van der Waals surface area (Å²) in [5.74, 6) is 0.0647. The first-order valence-corrected chi connectivity index (χ1v) is 5.80. The van der Waals surface area contributed by atoms with Gasteiger partial charge in [0.15, 0.2) is 0 Å². The number of nitrogens with one attached hydrogen (secondary N) is 2. The molecular weight excluding hydrogens is 234 g/mol. The van der Waals surface area contributed by atoms with Crippen LogP contribution in [0.4, 0.5) is 10.5 Å². The summed E-state index contributed by atoms with van der Waals surface area (Å²) < 4.78 is 1.37. The molecule has 1 aromatic rings. The Kier molecular flexibility index (Phi) is 4.91. The molecule has 1 heterocycles. The smallest absolute Gasteiger partial charge is 0.319 e. The summed E-state index contributed by atoms with van der Waals surface area (Å²) in [6.07, 6.45) is 1.00. The van der Waals surface area contributed by atoms with Crippen LogP contribution < -0.4 is 16.2 Å². The first-order valence-electron chi connectivity index (χ1n) is 5.80. The molecule has 0 aromatic carbocycles. The predicted molar refractivity (Wildman–Crippen MR) is 69.5 cm³/mol. The van der Waals surface area contributed by atoms with E-state index in [-0.39, 0.29) is 23.7 Å². The van der Waals surface area contributed by atoms with E-state index < -0.39 is 12.1 Å². The third-order valence-electron chi connectivity index (χ3n) is 2.61. The Morgan fingerprint density at radius 3 is 2.78 bits per heavy atom. The van der Waals surface area contributed by atoms with Gasteiger partial charge >= 0.3 is 6.03 Å². The third-order valence-corrected chi connectivity index (χ3v) is 2.61. The van der Waals surface area contributed by atoms with E-state index in [1.165, 1.54) is 10.6 Å². The second-order valence-corrected chi connectivity index (χ2v) is 4.48. The third kappa shape index (κ3) is 3.89. The minimum absolute atomic E-state index is 0.0647. The summed E-state index contributed by atoms with van der Waals surface area (Å²) in [6, 6.07) is 2.69. The van der Waals surface area contributed by atoms with Gasteiger partial charge in [0, 0.05) is 19.8 Å². The van der Waals surface area contributed by atoms with E-state index in [2.05, 4.69) is 10.6 Å². The van der Waals surface area contributed by atoms with Crippen LogP contribution in [-0.4, -0.2) is 28.4 Å². The van der Waals surface area contributed by atoms with Crippen molar-refractivity contribution in [1.82, 2.24) is 9.88 Å². The van der Waals surface area contributed by atoms with Gasteiger partial charge < -0.3 is 20.3 Å². The van der Waals surface area contributed by atoms with Gasteiger partial charge in [-0.3, -0.25) is 4.79 Å². The maximum absolute atomic E-state index is 11.6. The molecule has 0 unspecified atom stereocenters. The zero-order valence-corrected chi connectivity index (χ0v) is 10.8. The fourth-order valence-electron chi connectivity index (χ4n) is 1.29. The lowest BCUT2D eigenvalue weighted by Crippen LogP contribution is -2.38. The maximum atomic E-state index is 11.6. The summed E-state index contributed by atoms with van der Waals surface area (Å²) in [7, 11) is 1.61. The molecule has 0 spiro atoms. The number of pyridine rings is 1. The fourth-order valence-corrected chi connectivity index (χ4v) is 1.29. The number of urea groups is 1. The van der Waals surface area contributed by atoms with E-state index in [4.69, 9.17) is 0 Å². The molecule has 0 saturated carbocycles. The molecule has 0 bridgehead atoms. The van der Waals surface area contributed by atoms with Crippen molar-refractivity contribution in [2.45, 2.75) is 20.0 Å². The van der Waals surface area contributed by atoms with Crippen molar-refractivity contribution >= 4 is 11.7 Å². The van der Waals surface area contributed by atoms with Crippen LogP contribution in [0.2, 0.25) is 0 Å². The second kappa shape index (κ2) is 6.20. The zero-order valence-electron chi connectivity index (χ0n) is 10.8. The van der Waals surface area contributed by atoms with Crippen LogP contribution in [0.15, 0.2) is 23.1 Å². The number of aryl methyl sites for hydroxylation is 1. The SMILES string of the molecule is CC(C)[C@@H](O)CNC(=O)Nc1cccn(C)c1=O. The van der Waals surface area contributed by atoms with Crippen LogP contribution in [0, 0.1) is 5.92 Å². The average molecular weight is 253 g/mol. The highest BCUT2D eigenvalue weighted by molar-refractivity contribution is 5.88. The van der Waals surface area contributed by atoms with Crippen molar-refractivity contribution in [2.75, 3.05) is 11.9 Å². The van der Waals surface area contributed by atoms with E-state index in [1.54, 1.807) is 19.3 Å². The van der Waals surface area contributed by atoms with Gasteiger partial charge in [-0.25, -0.2) is 4.79 Å². The molecule has 0 fully saturated rings. The number of aliphatic hydroxyl groups is 1. The monoisotopic (exact) mass is 253 g/mol. The Labute approximate surface area is 106 Å². The number of hydrogen-bond acceptors (Lipinski definition) is 3. The highest BCUT2D eigenvalue weighted by Crippen LogP contribution is 2.00. The van der Waals surface area contributed by atoms with Crippen LogP contribution in [0.1, 0.15) is 13.8 Å². The average Bonchev–Trinajstić information content (AvgIpc) is 2.32. The van der Waals surface area contributed by atoms with Crippen molar-refractivity contribution in [1.29, 1.82) is 0 Å². The minimum Gasteiger partial charge on any atom is -0.391 e. The standard InChI is InChI=1S/C12H19N3O3/c1-8(2)10(16)7-13-12(18)14-9-5-4-6-15(3)11(9)17/h4-6,8,10,16H,7H2,1-3H3,(H2,13,14,18)/t10-/m0/s1. The summed E-state index contributed by atoms with van der Waals surface area (Å²) in [6.45, 7) is 3.87. The molecule has 1 aromatic heterocycles. The number of carbonyl (C=O) groups is 1. The molecule has 3 N–H and O–H groups in total. The first-order chi connectivity index (χ1) is 8.41. The molecule has 0 aliphatic rings. The first kappa shape index (κ1) is 14.2. The number of amides is 2. The number of aromatic nitrogens is 1. The van der Waals surface area contributed by atoms with Gasteiger partial charge in [-0.05, 0) is 18.1 Å². The molecule has 1 atom stereocenters. The van der Waals surface area contributed by atoms with Gasteiger partial charge in [0.25, 0.3) is 5.56 Å². The Balaban J connectivity index is 2.55. The van der Waals surface area contributed by atoms with Crippen LogP contribution in [0.25, 0.3) is 0 Å². The zero-order chi connectivity index (χ0) is 13.7. The van der Waals surface area contributed by atoms with Crippen molar-refractivity contribution < 1.29 is 9.90 Å². The number of carbonyl (C=O) groups excluding carboxylic acids is 1. The molecule has 0 radical (unpaired) electrons. The van der Waals surface area contributed by atoms with Crippen molar-refractivity contribution in [2.24, 2.45) is 13.0 Å². The van der Waals surface area contributed by atoms with E-state index in [0.717, 1.165) is 0 Å². The normalized spacial score (nSPS) is 12.3. The highest BCUT2D eigenvalue weighted by Gasteiger charge is 2.11. The van der Waals surface area contributed by atoms with E-state index >= 15 is 0 Å². The molecular formula is C12H19N3O3. The van der Waals surface area contributed by atoms with Crippen molar-refractivity contribution in [3.8, 4) is 0 Å². The summed E-state index contributed by atoms with van der Waals surface area (Å²) in [5.41, 5.74) is -0.0754. The number of anilines is 1. The van der Waals surface area contributed by atoms with Gasteiger partial charge in [-0.15, -0.1) is 0 Å². The quantitative estimate of drug-likeness (QED) is 0.731. The maximum Gasteiger partial charge on any atom is 0.319 e. The lowest BCUT2D eigenvalue weighted by Gasteiger charge is -2.15. The van der Waals surface area contributed by atoms with Crippen LogP contribution in [-0.2, 0) is 7.05 Å². The molecule has 18 heavy (non-hydrogen) atoms. The molecule has 2 amide bonds.